The van der Waals surface area contributed by atoms with E-state index in [2.05, 4.69) is 43.6 Å². The summed E-state index contributed by atoms with van der Waals surface area (Å²) in [5.74, 6) is 0.766. The van der Waals surface area contributed by atoms with Gasteiger partial charge in [-0.3, -0.25) is 4.68 Å². The molecule has 0 N–H and O–H groups in total. The summed E-state index contributed by atoms with van der Waals surface area (Å²) in [4.78, 5) is 10.5. The molecule has 7 heteroatoms. The van der Waals surface area contributed by atoms with Gasteiger partial charge in [0.05, 0.1) is 12.4 Å². The molecular weight excluding hydrogens is 314 g/mol. The van der Waals surface area contributed by atoms with Crippen LogP contribution in [-0.4, -0.2) is 27.0 Å². The first-order valence-electron chi connectivity index (χ1n) is 5.19. The van der Waals surface area contributed by atoms with E-state index in [4.69, 9.17) is 0 Å². The van der Waals surface area contributed by atoms with Gasteiger partial charge in [-0.25, -0.2) is 9.98 Å². The van der Waals surface area contributed by atoms with Gasteiger partial charge in [0.1, 0.15) is 16.1 Å². The van der Waals surface area contributed by atoms with Gasteiger partial charge in [0, 0.05) is 14.1 Å². The van der Waals surface area contributed by atoms with E-state index < -0.39 is 0 Å². The standard InChI is InChI=1S/C11H12BrN5S/c1-16-7-8(6-13-16)14-11(18)17(2)10-5-3-4-9(12)15-10/h3-7H,1-2H3,(H,14,18). The molecule has 0 fully saturated rings. The monoisotopic (exact) mass is 325 g/mol. The number of aromatic nitrogens is 3. The number of pyridine rings is 1. The fraction of sp³-hybridized carbons (Fsp3) is 0.182. The number of hydrogen-bond acceptors (Lipinski definition) is 3. The van der Waals surface area contributed by atoms with Crippen molar-refractivity contribution in [1.82, 2.24) is 14.8 Å². The van der Waals surface area contributed by atoms with Gasteiger partial charge in [-0.1, -0.05) is 6.07 Å². The SMILES string of the molecule is CN(C(S)=Nc1cnn(C)c1)c1cccc(Br)n1. The third kappa shape index (κ3) is 3.11. The third-order valence-corrected chi connectivity index (χ3v) is 3.11. The minimum absolute atomic E-state index is 0.550. The first-order chi connectivity index (χ1) is 8.56. The summed E-state index contributed by atoms with van der Waals surface area (Å²) < 4.78 is 2.46. The lowest BCUT2D eigenvalue weighted by Gasteiger charge is -2.16. The van der Waals surface area contributed by atoms with Crippen molar-refractivity contribution in [2.24, 2.45) is 12.0 Å². The summed E-state index contributed by atoms with van der Waals surface area (Å²) in [5.41, 5.74) is 0.754. The Labute approximate surface area is 119 Å². The summed E-state index contributed by atoms with van der Waals surface area (Å²) in [6, 6.07) is 5.67. The lowest BCUT2D eigenvalue weighted by atomic mass is 10.4. The van der Waals surface area contributed by atoms with Crippen LogP contribution in [0.4, 0.5) is 11.5 Å². The second-order valence-corrected chi connectivity index (χ2v) is 4.87. The summed E-state index contributed by atoms with van der Waals surface area (Å²) in [7, 11) is 3.70. The van der Waals surface area contributed by atoms with Gasteiger partial charge < -0.3 is 4.90 Å². The number of amidine groups is 1. The quantitative estimate of drug-likeness (QED) is 0.399. The molecule has 0 aliphatic heterocycles. The molecular formula is C11H12BrN5S. The summed E-state index contributed by atoms with van der Waals surface area (Å²) >= 11 is 7.71. The average Bonchev–Trinajstić information content (AvgIpc) is 2.73. The highest BCUT2D eigenvalue weighted by molar-refractivity contribution is 9.10. The Morgan fingerprint density at radius 2 is 2.28 bits per heavy atom. The molecule has 2 aromatic heterocycles. The molecule has 0 spiro atoms. The maximum atomic E-state index is 4.37. The first-order valence-corrected chi connectivity index (χ1v) is 6.43. The zero-order valence-corrected chi connectivity index (χ0v) is 12.4. The van der Waals surface area contributed by atoms with E-state index in [0.717, 1.165) is 16.1 Å². The fourth-order valence-corrected chi connectivity index (χ4v) is 1.90. The van der Waals surface area contributed by atoms with Crippen LogP contribution in [0.25, 0.3) is 0 Å². The van der Waals surface area contributed by atoms with E-state index in [9.17, 15) is 0 Å². The fourth-order valence-electron chi connectivity index (χ4n) is 1.34. The zero-order valence-electron chi connectivity index (χ0n) is 9.95. The summed E-state index contributed by atoms with van der Waals surface area (Å²) in [6.07, 6.45) is 3.50. The second-order valence-electron chi connectivity index (χ2n) is 3.66. The molecule has 94 valence electrons. The maximum absolute atomic E-state index is 4.37. The van der Waals surface area contributed by atoms with Crippen LogP contribution < -0.4 is 4.90 Å². The Morgan fingerprint density at radius 3 is 2.89 bits per heavy atom. The Morgan fingerprint density at radius 1 is 1.50 bits per heavy atom. The van der Waals surface area contributed by atoms with Crippen LogP contribution in [0.5, 0.6) is 0 Å². The summed E-state index contributed by atoms with van der Waals surface area (Å²) in [6.45, 7) is 0. The molecule has 0 atom stereocenters. The van der Waals surface area contributed by atoms with E-state index in [1.165, 1.54) is 0 Å². The van der Waals surface area contributed by atoms with Crippen LogP contribution in [0.1, 0.15) is 0 Å². The summed E-state index contributed by atoms with van der Waals surface area (Å²) in [5, 5.41) is 4.60. The molecule has 2 aromatic rings. The third-order valence-electron chi connectivity index (χ3n) is 2.26. The van der Waals surface area contributed by atoms with E-state index in [1.54, 1.807) is 15.8 Å². The molecule has 18 heavy (non-hydrogen) atoms. The van der Waals surface area contributed by atoms with Gasteiger partial charge in [0.25, 0.3) is 0 Å². The Kier molecular flexibility index (Phi) is 4.03. The van der Waals surface area contributed by atoms with Crippen LogP contribution in [0.2, 0.25) is 0 Å². The molecule has 0 saturated heterocycles. The van der Waals surface area contributed by atoms with E-state index in [-0.39, 0.29) is 0 Å². The number of hydrogen-bond donors (Lipinski definition) is 1. The smallest absolute Gasteiger partial charge is 0.166 e. The van der Waals surface area contributed by atoms with Crippen molar-refractivity contribution in [1.29, 1.82) is 0 Å². The number of aliphatic imine (C=N–C) groups is 1. The molecule has 0 unspecified atom stereocenters. The molecule has 0 aromatic carbocycles. The number of aryl methyl sites for hydroxylation is 1. The molecule has 5 nitrogen and oxygen atoms in total. The minimum atomic E-state index is 0.550. The molecule has 0 radical (unpaired) electrons. The second kappa shape index (κ2) is 5.53. The van der Waals surface area contributed by atoms with E-state index in [1.807, 2.05) is 38.5 Å². The van der Waals surface area contributed by atoms with Crippen LogP contribution in [-0.2, 0) is 7.05 Å². The van der Waals surface area contributed by atoms with Crippen molar-refractivity contribution in [3.05, 3.63) is 35.2 Å². The molecule has 0 bridgehead atoms. The average molecular weight is 326 g/mol. The lowest BCUT2D eigenvalue weighted by Crippen LogP contribution is -2.22. The minimum Gasteiger partial charge on any atom is -0.309 e. The van der Waals surface area contributed by atoms with Crippen molar-refractivity contribution < 1.29 is 0 Å². The highest BCUT2D eigenvalue weighted by atomic mass is 79.9. The van der Waals surface area contributed by atoms with Crippen molar-refractivity contribution >= 4 is 45.2 Å². The normalized spacial score (nSPS) is 11.7. The molecule has 0 saturated carbocycles. The van der Waals surface area contributed by atoms with Gasteiger partial charge in [-0.2, -0.15) is 5.10 Å². The number of nitrogens with zero attached hydrogens (tertiary/aromatic N) is 5. The topological polar surface area (TPSA) is 46.3 Å². The number of anilines is 1. The molecule has 0 amide bonds. The van der Waals surface area contributed by atoms with Gasteiger partial charge >= 0.3 is 0 Å². The number of thiol groups is 1. The van der Waals surface area contributed by atoms with Crippen molar-refractivity contribution in [3.63, 3.8) is 0 Å². The molecule has 0 aliphatic carbocycles. The van der Waals surface area contributed by atoms with Crippen LogP contribution in [0.15, 0.2) is 40.2 Å². The Hall–Kier alpha value is -1.34. The van der Waals surface area contributed by atoms with Crippen molar-refractivity contribution in [2.75, 3.05) is 11.9 Å². The number of halogens is 1. The van der Waals surface area contributed by atoms with Crippen LogP contribution >= 0.6 is 28.6 Å². The highest BCUT2D eigenvalue weighted by Gasteiger charge is 2.07. The Bertz CT molecular complexity index is 580. The predicted molar refractivity (Wildman–Crippen MR) is 79.6 cm³/mol. The lowest BCUT2D eigenvalue weighted by molar-refractivity contribution is 0.768. The molecule has 2 rings (SSSR count). The Balaban J connectivity index is 2.23. The molecule has 0 aliphatic rings. The van der Waals surface area contributed by atoms with Gasteiger partial charge in [-0.05, 0) is 28.1 Å². The first kappa shape index (κ1) is 13.1. The van der Waals surface area contributed by atoms with Gasteiger partial charge in [0.15, 0.2) is 5.17 Å². The van der Waals surface area contributed by atoms with Crippen LogP contribution in [0, 0.1) is 0 Å². The largest absolute Gasteiger partial charge is 0.309 e. The van der Waals surface area contributed by atoms with Crippen LogP contribution in [0.3, 0.4) is 0 Å². The van der Waals surface area contributed by atoms with Gasteiger partial charge in [-0.15, -0.1) is 12.6 Å². The molecule has 2 heterocycles. The van der Waals surface area contributed by atoms with Crippen molar-refractivity contribution in [3.8, 4) is 0 Å². The van der Waals surface area contributed by atoms with E-state index in [0.29, 0.717) is 5.17 Å². The highest BCUT2D eigenvalue weighted by Crippen LogP contribution is 2.17. The number of rotatable bonds is 2. The van der Waals surface area contributed by atoms with E-state index >= 15 is 0 Å². The van der Waals surface area contributed by atoms with Crippen molar-refractivity contribution in [2.45, 2.75) is 0 Å². The van der Waals surface area contributed by atoms with Gasteiger partial charge in [0.2, 0.25) is 0 Å². The maximum Gasteiger partial charge on any atom is 0.166 e. The zero-order chi connectivity index (χ0) is 13.1. The predicted octanol–water partition coefficient (Wildman–Crippen LogP) is 2.63.